The lowest BCUT2D eigenvalue weighted by Crippen LogP contribution is -2.40. The second-order valence-corrected chi connectivity index (χ2v) is 7.04. The number of nitrogens with zero attached hydrogens (tertiary/aromatic N) is 6. The van der Waals surface area contributed by atoms with Crippen molar-refractivity contribution >= 4 is 16.7 Å². The highest BCUT2D eigenvalue weighted by Crippen LogP contribution is 2.29. The van der Waals surface area contributed by atoms with E-state index in [0.717, 1.165) is 23.3 Å². The van der Waals surface area contributed by atoms with Crippen molar-refractivity contribution in [3.63, 3.8) is 0 Å². The van der Waals surface area contributed by atoms with Crippen molar-refractivity contribution in [3.8, 4) is 0 Å². The lowest BCUT2D eigenvalue weighted by molar-refractivity contribution is 0.0916. The van der Waals surface area contributed by atoms with Crippen molar-refractivity contribution in [2.75, 3.05) is 38.4 Å². The van der Waals surface area contributed by atoms with Gasteiger partial charge >= 0.3 is 0 Å². The summed E-state index contributed by atoms with van der Waals surface area (Å²) in [5.74, 6) is 1.56. The van der Waals surface area contributed by atoms with E-state index in [9.17, 15) is 0 Å². The maximum Gasteiger partial charge on any atom is 0.205 e. The zero-order valence-corrected chi connectivity index (χ0v) is 16.0. The van der Waals surface area contributed by atoms with E-state index in [-0.39, 0.29) is 6.04 Å². The largest absolute Gasteiger partial charge is 0.384 e. The molecule has 27 heavy (non-hydrogen) atoms. The molecular formula is C18H22N6O2S. The number of hydrogen-bond donors (Lipinski definition) is 0. The van der Waals surface area contributed by atoms with E-state index in [1.54, 1.807) is 13.4 Å². The molecule has 4 rings (SSSR count). The van der Waals surface area contributed by atoms with Crippen molar-refractivity contribution in [1.82, 2.24) is 24.1 Å². The Hall–Kier alpha value is -2.36. The number of rotatable bonds is 7. The minimum absolute atomic E-state index is 0.0565. The number of methoxy groups -OCH3 is 1. The van der Waals surface area contributed by atoms with Crippen molar-refractivity contribution in [2.24, 2.45) is 0 Å². The third kappa shape index (κ3) is 4.32. The van der Waals surface area contributed by atoms with Crippen LogP contribution >= 0.6 is 11.5 Å². The average Bonchev–Trinajstić information content (AvgIpc) is 3.37. The van der Waals surface area contributed by atoms with Gasteiger partial charge in [-0.15, -0.1) is 0 Å². The molecule has 1 fully saturated rings. The number of ether oxygens (including phenoxy) is 2. The summed E-state index contributed by atoms with van der Waals surface area (Å²) in [6, 6.07) is 10.2. The molecule has 1 saturated heterocycles. The van der Waals surface area contributed by atoms with Gasteiger partial charge in [0.2, 0.25) is 5.13 Å². The first-order valence-electron chi connectivity index (χ1n) is 8.92. The molecule has 3 aromatic rings. The first-order valence-corrected chi connectivity index (χ1v) is 9.70. The quantitative estimate of drug-likeness (QED) is 0.614. The molecule has 0 aliphatic carbocycles. The van der Waals surface area contributed by atoms with Gasteiger partial charge in [0.15, 0.2) is 5.82 Å². The molecule has 0 amide bonds. The Bertz CT molecular complexity index is 852. The summed E-state index contributed by atoms with van der Waals surface area (Å²) in [7, 11) is 1.68. The van der Waals surface area contributed by atoms with Gasteiger partial charge in [-0.05, 0) is 5.56 Å². The second kappa shape index (κ2) is 8.55. The van der Waals surface area contributed by atoms with Crippen LogP contribution in [0.2, 0.25) is 0 Å². The van der Waals surface area contributed by atoms with E-state index in [1.165, 1.54) is 17.1 Å². The van der Waals surface area contributed by atoms with E-state index in [2.05, 4.69) is 36.5 Å². The number of hydrogen-bond acceptors (Lipinski definition) is 8. The zero-order valence-electron chi connectivity index (χ0n) is 15.2. The third-order valence-corrected chi connectivity index (χ3v) is 5.19. The van der Waals surface area contributed by atoms with E-state index < -0.39 is 0 Å². The fraction of sp³-hybridized carbons (Fsp3) is 0.444. The van der Waals surface area contributed by atoms with Crippen LogP contribution in [0.4, 0.5) is 5.13 Å². The van der Waals surface area contributed by atoms with Gasteiger partial charge in [-0.25, -0.2) is 14.6 Å². The van der Waals surface area contributed by atoms with Gasteiger partial charge < -0.3 is 14.4 Å². The molecule has 142 valence electrons. The highest BCUT2D eigenvalue weighted by molar-refractivity contribution is 7.09. The lowest BCUT2D eigenvalue weighted by atomic mass is 10.2. The van der Waals surface area contributed by atoms with Gasteiger partial charge in [-0.3, -0.25) is 0 Å². The van der Waals surface area contributed by atoms with Gasteiger partial charge in [-0.1, -0.05) is 30.3 Å². The third-order valence-electron chi connectivity index (χ3n) is 4.40. The normalized spacial score (nSPS) is 17.4. The molecule has 0 saturated carbocycles. The fourth-order valence-electron chi connectivity index (χ4n) is 3.01. The van der Waals surface area contributed by atoms with Crippen LogP contribution in [-0.4, -0.2) is 57.6 Å². The molecule has 0 N–H and O–H groups in total. The Morgan fingerprint density at radius 3 is 3.04 bits per heavy atom. The van der Waals surface area contributed by atoms with E-state index in [0.29, 0.717) is 32.8 Å². The van der Waals surface area contributed by atoms with Crippen molar-refractivity contribution in [1.29, 1.82) is 0 Å². The van der Waals surface area contributed by atoms with Crippen molar-refractivity contribution < 1.29 is 9.47 Å². The monoisotopic (exact) mass is 386 g/mol. The first kappa shape index (κ1) is 18.0. The summed E-state index contributed by atoms with van der Waals surface area (Å²) in [6.45, 7) is 3.27. The molecular weight excluding hydrogens is 364 g/mol. The van der Waals surface area contributed by atoms with Gasteiger partial charge in [0.05, 0.1) is 26.4 Å². The minimum atomic E-state index is -0.0565. The summed E-state index contributed by atoms with van der Waals surface area (Å²) in [5.41, 5.74) is 1.19. The van der Waals surface area contributed by atoms with Crippen molar-refractivity contribution in [2.45, 2.75) is 19.0 Å². The predicted molar refractivity (Wildman–Crippen MR) is 102 cm³/mol. The Kier molecular flexibility index (Phi) is 5.71. The number of benzene rings is 1. The summed E-state index contributed by atoms with van der Waals surface area (Å²) < 4.78 is 17.1. The second-order valence-electron chi connectivity index (χ2n) is 6.31. The van der Waals surface area contributed by atoms with Crippen LogP contribution in [0.5, 0.6) is 0 Å². The molecule has 3 heterocycles. The number of aromatic nitrogens is 5. The highest BCUT2D eigenvalue weighted by atomic mass is 32.1. The molecule has 0 radical (unpaired) electrons. The molecule has 0 unspecified atom stereocenters. The van der Waals surface area contributed by atoms with E-state index in [1.807, 2.05) is 22.9 Å². The predicted octanol–water partition coefficient (Wildman–Crippen LogP) is 1.94. The van der Waals surface area contributed by atoms with Gasteiger partial charge in [-0.2, -0.15) is 9.47 Å². The van der Waals surface area contributed by atoms with Gasteiger partial charge in [0.25, 0.3) is 0 Å². The van der Waals surface area contributed by atoms with Crippen LogP contribution in [0.15, 0.2) is 36.7 Å². The van der Waals surface area contributed by atoms with Crippen LogP contribution in [0, 0.1) is 0 Å². The molecule has 1 aliphatic heterocycles. The van der Waals surface area contributed by atoms with Crippen LogP contribution in [0.25, 0.3) is 0 Å². The molecule has 0 bridgehead atoms. The Morgan fingerprint density at radius 1 is 1.30 bits per heavy atom. The summed E-state index contributed by atoms with van der Waals surface area (Å²) in [5, 5.41) is 5.56. The van der Waals surface area contributed by atoms with E-state index >= 15 is 0 Å². The molecule has 8 nitrogen and oxygen atoms in total. The molecule has 0 spiro atoms. The van der Waals surface area contributed by atoms with Crippen LogP contribution in [0.1, 0.15) is 23.3 Å². The Morgan fingerprint density at radius 2 is 2.19 bits per heavy atom. The fourth-order valence-corrected chi connectivity index (χ4v) is 3.80. The molecule has 1 aliphatic rings. The van der Waals surface area contributed by atoms with Crippen molar-refractivity contribution in [3.05, 3.63) is 53.9 Å². The SMILES string of the molecule is COCCc1nsc(N2CCOC[C@@H]2c2ncn(Cc3ccccc3)n2)n1. The summed E-state index contributed by atoms with van der Waals surface area (Å²) in [6.07, 6.45) is 2.49. The van der Waals surface area contributed by atoms with Crippen LogP contribution in [-0.2, 0) is 22.4 Å². The topological polar surface area (TPSA) is 78.2 Å². The Balaban J connectivity index is 1.50. The Labute approximate surface area is 161 Å². The average molecular weight is 386 g/mol. The lowest BCUT2D eigenvalue weighted by Gasteiger charge is -2.33. The minimum Gasteiger partial charge on any atom is -0.384 e. The molecule has 1 atom stereocenters. The number of anilines is 1. The van der Waals surface area contributed by atoms with Crippen LogP contribution in [0.3, 0.4) is 0 Å². The summed E-state index contributed by atoms with van der Waals surface area (Å²) in [4.78, 5) is 11.4. The maximum absolute atomic E-state index is 5.69. The molecule has 9 heteroatoms. The van der Waals surface area contributed by atoms with E-state index in [4.69, 9.17) is 9.47 Å². The maximum atomic E-state index is 5.69. The standard InChI is InChI=1S/C18H22N6O2S/c1-25-9-7-16-20-18(27-22-16)24-8-10-26-12-15(24)17-19-13-23(21-17)11-14-5-3-2-4-6-14/h2-6,13,15H,7-12H2,1H3/t15-/m1/s1. The highest BCUT2D eigenvalue weighted by Gasteiger charge is 2.30. The van der Waals surface area contributed by atoms with Gasteiger partial charge in [0.1, 0.15) is 18.2 Å². The molecule has 1 aromatic carbocycles. The molecule has 2 aromatic heterocycles. The summed E-state index contributed by atoms with van der Waals surface area (Å²) >= 11 is 1.41. The van der Waals surface area contributed by atoms with Crippen LogP contribution < -0.4 is 4.90 Å². The zero-order chi connectivity index (χ0) is 18.5. The number of morpholine rings is 1. The smallest absolute Gasteiger partial charge is 0.205 e. The first-order chi connectivity index (χ1) is 13.3. The van der Waals surface area contributed by atoms with Gasteiger partial charge in [0, 0.05) is 31.6 Å².